The van der Waals surface area contributed by atoms with E-state index in [9.17, 15) is 17.6 Å². The van der Waals surface area contributed by atoms with Gasteiger partial charge in [0.2, 0.25) is 5.95 Å². The lowest BCUT2D eigenvalue weighted by atomic mass is 10.2. The Hall–Kier alpha value is -2.05. The van der Waals surface area contributed by atoms with Crippen LogP contribution in [0.1, 0.15) is 12.5 Å². The fourth-order valence-corrected chi connectivity index (χ4v) is 1.68. The van der Waals surface area contributed by atoms with Crippen LogP contribution in [0.5, 0.6) is 0 Å². The number of imidazole rings is 1. The molecule has 0 aliphatic carbocycles. The summed E-state index contributed by atoms with van der Waals surface area (Å²) in [5.41, 5.74) is -1.09. The highest BCUT2D eigenvalue weighted by atomic mass is 19.4. The van der Waals surface area contributed by atoms with E-state index < -0.39 is 17.6 Å². The standard InChI is InChI=1S/C12H11F4N3/c1-2-17-11-18-5-6-19(11)8-3-4-10(13)9(7-8)12(14,15)16/h3-7H,2H2,1H3,(H,17,18). The summed E-state index contributed by atoms with van der Waals surface area (Å²) >= 11 is 0. The first-order valence-corrected chi connectivity index (χ1v) is 5.58. The SMILES string of the molecule is CCNc1nccn1-c1ccc(F)c(C(F)(F)F)c1. The number of aromatic nitrogens is 2. The first kappa shape index (κ1) is 13.4. The van der Waals surface area contributed by atoms with E-state index in [1.165, 1.54) is 23.0 Å². The lowest BCUT2D eigenvalue weighted by molar-refractivity contribution is -0.140. The number of rotatable bonds is 3. The number of alkyl halides is 3. The Morgan fingerprint density at radius 1 is 1.32 bits per heavy atom. The van der Waals surface area contributed by atoms with E-state index in [-0.39, 0.29) is 5.69 Å². The third-order valence-corrected chi connectivity index (χ3v) is 2.51. The third-order valence-electron chi connectivity index (χ3n) is 2.51. The summed E-state index contributed by atoms with van der Waals surface area (Å²) < 4.78 is 52.5. The van der Waals surface area contributed by atoms with Gasteiger partial charge in [-0.05, 0) is 25.1 Å². The summed E-state index contributed by atoms with van der Waals surface area (Å²) in [7, 11) is 0. The quantitative estimate of drug-likeness (QED) is 0.868. The molecule has 19 heavy (non-hydrogen) atoms. The van der Waals surface area contributed by atoms with Crippen LogP contribution >= 0.6 is 0 Å². The second kappa shape index (κ2) is 4.91. The third kappa shape index (κ3) is 2.69. The van der Waals surface area contributed by atoms with E-state index in [2.05, 4.69) is 10.3 Å². The van der Waals surface area contributed by atoms with Gasteiger partial charge in [0.25, 0.3) is 0 Å². The van der Waals surface area contributed by atoms with Crippen LogP contribution in [0.4, 0.5) is 23.5 Å². The highest BCUT2D eigenvalue weighted by molar-refractivity contribution is 5.44. The molecule has 0 atom stereocenters. The molecule has 0 saturated heterocycles. The van der Waals surface area contributed by atoms with Crippen LogP contribution in [-0.2, 0) is 6.18 Å². The van der Waals surface area contributed by atoms with Gasteiger partial charge in [0, 0.05) is 24.6 Å². The molecular formula is C12H11F4N3. The van der Waals surface area contributed by atoms with Gasteiger partial charge in [0.05, 0.1) is 5.56 Å². The summed E-state index contributed by atoms with van der Waals surface area (Å²) in [6.45, 7) is 2.41. The Balaban J connectivity index is 2.49. The highest BCUT2D eigenvalue weighted by Gasteiger charge is 2.34. The van der Waals surface area contributed by atoms with E-state index in [1.807, 2.05) is 6.92 Å². The molecule has 0 amide bonds. The van der Waals surface area contributed by atoms with E-state index in [0.29, 0.717) is 12.5 Å². The van der Waals surface area contributed by atoms with Crippen molar-refractivity contribution in [2.45, 2.75) is 13.1 Å². The minimum Gasteiger partial charge on any atom is -0.356 e. The van der Waals surface area contributed by atoms with Crippen LogP contribution in [0, 0.1) is 5.82 Å². The molecule has 1 aromatic carbocycles. The average molecular weight is 273 g/mol. The van der Waals surface area contributed by atoms with Gasteiger partial charge >= 0.3 is 6.18 Å². The highest BCUT2D eigenvalue weighted by Crippen LogP contribution is 2.33. The van der Waals surface area contributed by atoms with Gasteiger partial charge in [-0.2, -0.15) is 13.2 Å². The van der Waals surface area contributed by atoms with Crippen LogP contribution in [-0.4, -0.2) is 16.1 Å². The number of hydrogen-bond acceptors (Lipinski definition) is 2. The second-order valence-electron chi connectivity index (χ2n) is 3.81. The van der Waals surface area contributed by atoms with Crippen LogP contribution in [0.25, 0.3) is 5.69 Å². The van der Waals surface area contributed by atoms with Crippen molar-refractivity contribution in [2.75, 3.05) is 11.9 Å². The number of benzene rings is 1. The van der Waals surface area contributed by atoms with Gasteiger partial charge in [-0.1, -0.05) is 0 Å². The first-order chi connectivity index (χ1) is 8.93. The molecule has 1 heterocycles. The number of nitrogens with zero attached hydrogens (tertiary/aromatic N) is 2. The van der Waals surface area contributed by atoms with Crippen molar-refractivity contribution in [1.82, 2.24) is 9.55 Å². The Labute approximate surface area is 106 Å². The van der Waals surface area contributed by atoms with Gasteiger partial charge in [-0.3, -0.25) is 4.57 Å². The van der Waals surface area contributed by atoms with E-state index in [0.717, 1.165) is 12.1 Å². The Bertz CT molecular complexity index is 575. The summed E-state index contributed by atoms with van der Waals surface area (Å²) in [5, 5.41) is 2.90. The van der Waals surface area contributed by atoms with Crippen molar-refractivity contribution < 1.29 is 17.6 Å². The second-order valence-corrected chi connectivity index (χ2v) is 3.81. The van der Waals surface area contributed by atoms with Crippen LogP contribution < -0.4 is 5.32 Å². The maximum Gasteiger partial charge on any atom is 0.419 e. The molecule has 0 fully saturated rings. The first-order valence-electron chi connectivity index (χ1n) is 5.58. The molecule has 0 aliphatic heterocycles. The monoisotopic (exact) mass is 273 g/mol. The predicted molar refractivity (Wildman–Crippen MR) is 62.7 cm³/mol. The van der Waals surface area contributed by atoms with Crippen molar-refractivity contribution in [3.8, 4) is 5.69 Å². The number of anilines is 1. The number of nitrogens with one attached hydrogen (secondary N) is 1. The Kier molecular flexibility index (Phi) is 3.46. The molecule has 7 heteroatoms. The zero-order valence-electron chi connectivity index (χ0n) is 10.0. The molecule has 0 saturated carbocycles. The molecule has 0 radical (unpaired) electrons. The van der Waals surface area contributed by atoms with E-state index in [4.69, 9.17) is 0 Å². The zero-order valence-corrected chi connectivity index (χ0v) is 10.0. The molecule has 1 N–H and O–H groups in total. The minimum absolute atomic E-state index is 0.196. The molecule has 2 aromatic rings. The fourth-order valence-electron chi connectivity index (χ4n) is 1.68. The topological polar surface area (TPSA) is 29.9 Å². The molecule has 102 valence electrons. The molecule has 0 spiro atoms. The molecular weight excluding hydrogens is 262 g/mol. The summed E-state index contributed by atoms with van der Waals surface area (Å²) in [6, 6.07) is 2.83. The molecule has 3 nitrogen and oxygen atoms in total. The van der Waals surface area contributed by atoms with E-state index >= 15 is 0 Å². The van der Waals surface area contributed by atoms with Crippen LogP contribution in [0.3, 0.4) is 0 Å². The summed E-state index contributed by atoms with van der Waals surface area (Å²) in [5.74, 6) is -0.886. The zero-order chi connectivity index (χ0) is 14.0. The lowest BCUT2D eigenvalue weighted by Gasteiger charge is -2.12. The van der Waals surface area contributed by atoms with Gasteiger partial charge in [0.15, 0.2) is 0 Å². The smallest absolute Gasteiger partial charge is 0.356 e. The normalized spacial score (nSPS) is 11.6. The van der Waals surface area contributed by atoms with E-state index in [1.54, 1.807) is 0 Å². The number of halogens is 4. The number of hydrogen-bond donors (Lipinski definition) is 1. The molecule has 1 aromatic heterocycles. The van der Waals surface area contributed by atoms with Crippen molar-refractivity contribution in [2.24, 2.45) is 0 Å². The fraction of sp³-hybridized carbons (Fsp3) is 0.250. The Morgan fingerprint density at radius 3 is 2.68 bits per heavy atom. The predicted octanol–water partition coefficient (Wildman–Crippen LogP) is 3.46. The van der Waals surface area contributed by atoms with Gasteiger partial charge in [0.1, 0.15) is 5.82 Å². The average Bonchev–Trinajstić information content (AvgIpc) is 2.77. The van der Waals surface area contributed by atoms with Gasteiger partial charge in [-0.25, -0.2) is 9.37 Å². The summed E-state index contributed by atoms with van der Waals surface area (Å²) in [4.78, 5) is 3.97. The van der Waals surface area contributed by atoms with Crippen LogP contribution in [0.15, 0.2) is 30.6 Å². The Morgan fingerprint density at radius 2 is 2.05 bits per heavy atom. The minimum atomic E-state index is -4.72. The summed E-state index contributed by atoms with van der Waals surface area (Å²) in [6.07, 6.45) is -1.76. The molecule has 0 bridgehead atoms. The molecule has 2 rings (SSSR count). The van der Waals surface area contributed by atoms with Crippen molar-refractivity contribution in [1.29, 1.82) is 0 Å². The molecule has 0 unspecified atom stereocenters. The van der Waals surface area contributed by atoms with Crippen molar-refractivity contribution in [3.63, 3.8) is 0 Å². The molecule has 0 aliphatic rings. The largest absolute Gasteiger partial charge is 0.419 e. The van der Waals surface area contributed by atoms with Gasteiger partial charge in [-0.15, -0.1) is 0 Å². The van der Waals surface area contributed by atoms with Gasteiger partial charge < -0.3 is 5.32 Å². The maximum atomic E-state index is 13.2. The lowest BCUT2D eigenvalue weighted by Crippen LogP contribution is -2.10. The van der Waals surface area contributed by atoms with Crippen molar-refractivity contribution in [3.05, 3.63) is 42.0 Å². The maximum absolute atomic E-state index is 13.2. The van der Waals surface area contributed by atoms with Crippen molar-refractivity contribution >= 4 is 5.95 Å². The van der Waals surface area contributed by atoms with Crippen LogP contribution in [0.2, 0.25) is 0 Å².